The van der Waals surface area contributed by atoms with E-state index in [0.717, 1.165) is 11.1 Å². The number of esters is 1. The Labute approximate surface area is 513 Å². The molecule has 9 N–H and O–H groups in total. The van der Waals surface area contributed by atoms with Crippen LogP contribution in [0.25, 0.3) is 0 Å². The van der Waals surface area contributed by atoms with Crippen LogP contribution in [0.2, 0.25) is 5.02 Å². The van der Waals surface area contributed by atoms with Crippen LogP contribution in [-0.2, 0) is 54.1 Å². The normalized spacial score (nSPS) is 24.3. The summed E-state index contributed by atoms with van der Waals surface area (Å²) in [6.07, 6.45) is 1.26. The van der Waals surface area contributed by atoms with Crippen LogP contribution in [0.1, 0.15) is 91.5 Å². The monoisotopic (exact) mass is 1370 g/mol. The number of ether oxygens (including phenoxy) is 6. The van der Waals surface area contributed by atoms with Gasteiger partial charge in [-0.15, -0.1) is 0 Å². The summed E-state index contributed by atoms with van der Waals surface area (Å²) in [4.78, 5) is 107. The average molecular weight is 1380 g/mol. The summed E-state index contributed by atoms with van der Waals surface area (Å²) in [5.41, 5.74) is 4.43. The molecule has 23 nitrogen and oxygen atoms in total. The minimum atomic E-state index is -1.90. The van der Waals surface area contributed by atoms with E-state index in [4.69, 9.17) is 45.8 Å². The van der Waals surface area contributed by atoms with Crippen LogP contribution in [0.4, 0.5) is 31.4 Å². The maximum absolute atomic E-state index is 14.4. The molecule has 2 aromatic carbocycles. The smallest absolute Gasteiger partial charge is 0.412 e. The number of epoxide rings is 1. The number of hydrogen-bond acceptors (Lipinski definition) is 15. The van der Waals surface area contributed by atoms with Crippen LogP contribution in [0.15, 0.2) is 58.6 Å². The number of nitrogens with zero attached hydrogens (tertiary/aromatic N) is 1. The van der Waals surface area contributed by atoms with Gasteiger partial charge in [0.05, 0.1) is 43.5 Å². The van der Waals surface area contributed by atoms with E-state index >= 15 is 0 Å². The maximum atomic E-state index is 14.4. The van der Waals surface area contributed by atoms with Gasteiger partial charge in [-0.2, -0.15) is 0 Å². The lowest BCUT2D eigenvalue weighted by Crippen LogP contribution is -2.63. The Morgan fingerprint density at radius 2 is 1.72 bits per heavy atom. The quantitative estimate of drug-likeness (QED) is 0.0174. The largest absolute Gasteiger partial charge is 0.495 e. The molecular weight excluding hydrogens is 1300 g/mol. The molecule has 5 rings (SSSR count). The fourth-order valence-corrected chi connectivity index (χ4v) is 12.0. The molecule has 27 heteroatoms. The number of hydrogen-bond donors (Lipinski definition) is 8. The number of unbranched alkanes of at least 4 members (excludes halogenated alkanes) is 2. The molecule has 9 atom stereocenters. The molecule has 0 radical (unpaired) electrons. The first kappa shape index (κ1) is 68.3. The lowest BCUT2D eigenvalue weighted by atomic mass is 9.83. The number of nitrogens with two attached hydrogens (primary N) is 1. The maximum Gasteiger partial charge on any atom is 0.412 e. The van der Waals surface area contributed by atoms with Crippen molar-refractivity contribution in [2.75, 3.05) is 60.6 Å². The standard InChI is InChI=1S/C56H76Br3ClN8O15/c1-30(2)47(66-44(69)17-10-9-11-21-80-51(73)34(28-57)29-58)50(72)65-38(15-13-20-62-52(61)74)49(71)64-37-19-18-35(25-36(37)59)63-53(75)82-43-26-45(70)68(6)39-23-33(24-40(78-7)46(39)60)22-31(3)14-12-16-42(79-8)56(77)27-41(81-54(76)67-56)32(4)48-55(43,5)83-48/h12,14,16,18-19,23-25,30,32,34,38,41-43,47-48,77H,9-11,13,15,17,20-22,26-29H2,1-8H3,(H,63,75)(H,64,71)(H,65,72)(H,66,69)(H,67,76)(H3,61,62,74)/b16-12+,31-14+/t32-,38+,41+,42-,43+,47+,48+,55+,56+/m1/s1. The Morgan fingerprint density at radius 1 is 1.00 bits per heavy atom. The second-order valence-electron chi connectivity index (χ2n) is 21.3. The van der Waals surface area contributed by atoms with E-state index < -0.39 is 96.1 Å². The van der Waals surface area contributed by atoms with E-state index in [-0.39, 0.29) is 78.9 Å². The van der Waals surface area contributed by atoms with Crippen LogP contribution >= 0.6 is 59.4 Å². The van der Waals surface area contributed by atoms with E-state index in [2.05, 4.69) is 79.7 Å². The SMILES string of the molecule is COc1cc2cc(c1Cl)N(C)C(=O)C[C@H](OC(=O)Nc1ccc(NC(=O)[C@H](CCCNC(N)=O)NC(=O)[C@@H](NC(=O)CCCCCOC(=O)C(CBr)CBr)C(C)C)c(Br)c1)[C@]1(C)O[C@H]1[C@H](C)[C@@H]1C[C@@](O)(NC(=O)O1)[C@H](OC)/C=C/C=C(\C)C2. The number of primary amides is 1. The number of urea groups is 1. The van der Waals surface area contributed by atoms with E-state index in [0.29, 0.717) is 52.3 Å². The summed E-state index contributed by atoms with van der Waals surface area (Å²) in [6, 6.07) is 5.04. The van der Waals surface area contributed by atoms with Gasteiger partial charge in [0.25, 0.3) is 0 Å². The minimum absolute atomic E-state index is 0.0556. The third kappa shape index (κ3) is 19.2. The summed E-state index contributed by atoms with van der Waals surface area (Å²) in [5.74, 6) is -3.43. The fourth-order valence-electron chi connectivity index (χ4n) is 9.65. The Balaban J connectivity index is 1.31. The third-order valence-electron chi connectivity index (χ3n) is 14.5. The molecule has 0 spiro atoms. The first-order chi connectivity index (χ1) is 39.3. The van der Waals surface area contributed by atoms with Gasteiger partial charge in [-0.1, -0.05) is 88.0 Å². The van der Waals surface area contributed by atoms with E-state index in [9.17, 15) is 43.5 Å². The van der Waals surface area contributed by atoms with Gasteiger partial charge >= 0.3 is 24.2 Å². The number of benzene rings is 2. The van der Waals surface area contributed by atoms with Gasteiger partial charge in [-0.3, -0.25) is 34.6 Å². The first-order valence-electron chi connectivity index (χ1n) is 27.2. The van der Waals surface area contributed by atoms with Crippen LogP contribution in [0.3, 0.4) is 0 Å². The number of methoxy groups -OCH3 is 2. The summed E-state index contributed by atoms with van der Waals surface area (Å²) < 4.78 is 35.0. The summed E-state index contributed by atoms with van der Waals surface area (Å²) in [6.45, 7) is 9.14. The van der Waals surface area contributed by atoms with Gasteiger partial charge in [-0.25, -0.2) is 14.4 Å². The molecule has 0 aromatic heterocycles. The number of aliphatic hydroxyl groups is 1. The number of halogens is 4. The van der Waals surface area contributed by atoms with E-state index in [1.54, 1.807) is 52.0 Å². The number of alkyl carbamates (subject to hydrolysis) is 1. The number of allylic oxidation sites excluding steroid dienone is 3. The predicted octanol–water partition coefficient (Wildman–Crippen LogP) is 7.66. The topological polar surface area (TPSA) is 317 Å². The van der Waals surface area contributed by atoms with E-state index in [1.807, 2.05) is 13.0 Å². The Bertz CT molecular complexity index is 2740. The molecule has 3 aliphatic rings. The highest BCUT2D eigenvalue weighted by Crippen LogP contribution is 2.49. The van der Waals surface area contributed by atoms with Crippen molar-refractivity contribution in [2.45, 2.75) is 140 Å². The van der Waals surface area contributed by atoms with Crippen molar-refractivity contribution in [3.8, 4) is 5.75 Å². The number of amides is 8. The van der Waals surface area contributed by atoms with Crippen molar-refractivity contribution in [1.82, 2.24) is 21.3 Å². The second kappa shape index (κ2) is 31.6. The molecule has 83 heavy (non-hydrogen) atoms. The van der Waals surface area contributed by atoms with Crippen molar-refractivity contribution in [3.63, 3.8) is 0 Å². The van der Waals surface area contributed by atoms with E-state index in [1.165, 1.54) is 44.4 Å². The van der Waals surface area contributed by atoms with Crippen LogP contribution in [-0.4, -0.2) is 146 Å². The molecule has 0 saturated carbocycles. The second-order valence-corrected chi connectivity index (χ2v) is 23.8. The Morgan fingerprint density at radius 3 is 2.37 bits per heavy atom. The summed E-state index contributed by atoms with van der Waals surface area (Å²) >= 11 is 16.9. The lowest BCUT2D eigenvalue weighted by molar-refractivity contribution is -0.147. The zero-order valence-electron chi connectivity index (χ0n) is 47.7. The molecule has 2 fully saturated rings. The molecule has 2 saturated heterocycles. The number of anilines is 3. The zero-order valence-corrected chi connectivity index (χ0v) is 53.2. The van der Waals surface area contributed by atoms with Crippen molar-refractivity contribution in [2.24, 2.45) is 23.5 Å². The molecule has 0 unspecified atom stereocenters. The molecule has 4 bridgehead atoms. The van der Waals surface area contributed by atoms with Crippen LogP contribution in [0.5, 0.6) is 5.75 Å². The van der Waals surface area contributed by atoms with Gasteiger partial charge in [0.15, 0.2) is 5.72 Å². The molecule has 8 amide bonds. The van der Waals surface area contributed by atoms with Crippen LogP contribution < -0.4 is 47.3 Å². The molecular formula is C56H76Br3ClN8O15. The number of fused-ring (bicyclic) bond motifs is 5. The highest BCUT2D eigenvalue weighted by atomic mass is 79.9. The molecule has 3 aliphatic heterocycles. The molecule has 0 aliphatic carbocycles. The predicted molar refractivity (Wildman–Crippen MR) is 322 cm³/mol. The Kier molecular flexibility index (Phi) is 26.0. The average Bonchev–Trinajstić information content (AvgIpc) is 2.29. The molecule has 458 valence electrons. The fraction of sp³-hybridized carbons (Fsp3) is 0.571. The van der Waals surface area contributed by atoms with Crippen molar-refractivity contribution < 1.29 is 71.9 Å². The minimum Gasteiger partial charge on any atom is -0.495 e. The number of rotatable bonds is 23. The van der Waals surface area contributed by atoms with Crippen molar-refractivity contribution in [3.05, 3.63) is 69.2 Å². The van der Waals surface area contributed by atoms with Gasteiger partial charge in [0, 0.05) is 60.3 Å². The lowest BCUT2D eigenvalue weighted by Gasteiger charge is -2.42. The highest BCUT2D eigenvalue weighted by Gasteiger charge is 2.64. The number of nitrogens with one attached hydrogen (secondary N) is 6. The van der Waals surface area contributed by atoms with Gasteiger partial charge < -0.3 is 65.4 Å². The van der Waals surface area contributed by atoms with Gasteiger partial charge in [-0.05, 0) is 110 Å². The van der Waals surface area contributed by atoms with Gasteiger partial charge in [0.1, 0.15) is 46.8 Å². The van der Waals surface area contributed by atoms with Crippen LogP contribution in [0, 0.1) is 17.8 Å². The van der Waals surface area contributed by atoms with Crippen molar-refractivity contribution >= 4 is 124 Å². The number of alkyl halides is 2. The zero-order chi connectivity index (χ0) is 61.3. The van der Waals surface area contributed by atoms with Gasteiger partial charge in [0.2, 0.25) is 23.6 Å². The molecule has 3 heterocycles. The van der Waals surface area contributed by atoms with Crippen molar-refractivity contribution in [1.29, 1.82) is 0 Å². The number of carbonyl (C=O) groups is 8. The summed E-state index contributed by atoms with van der Waals surface area (Å²) in [5, 5.41) is 29.0. The highest BCUT2D eigenvalue weighted by molar-refractivity contribution is 9.10. The summed E-state index contributed by atoms with van der Waals surface area (Å²) in [7, 11) is 4.40. The third-order valence-corrected chi connectivity index (χ3v) is 17.1. The molecule has 2 aromatic rings. The number of carbonyl (C=O) groups excluding carboxylic acids is 8. The first-order valence-corrected chi connectivity index (χ1v) is 30.6. The Hall–Kier alpha value is -5.51.